The smallest absolute Gasteiger partial charge is 0.173 e. The van der Waals surface area contributed by atoms with Crippen LogP contribution in [0.25, 0.3) is 0 Å². The number of rotatable bonds is 2. The van der Waals surface area contributed by atoms with Crippen LogP contribution in [0, 0.1) is 6.92 Å². The maximum absolute atomic E-state index is 5.45. The highest BCUT2D eigenvalue weighted by Gasteiger charge is 2.17. The fourth-order valence-corrected chi connectivity index (χ4v) is 2.57. The third kappa shape index (κ3) is 3.19. The standard InChI is InChI=1S/C14H20N2S/c1-11-6-5-9-13(10-11)16(2)14(17)15-12-7-3-4-8-12/h5-6,9-10,12H,3-4,7-8H2,1-2H3,(H,15,17). The summed E-state index contributed by atoms with van der Waals surface area (Å²) in [6, 6.07) is 9.00. The molecule has 1 aliphatic carbocycles. The lowest BCUT2D eigenvalue weighted by atomic mass is 10.2. The van der Waals surface area contributed by atoms with E-state index >= 15 is 0 Å². The lowest BCUT2D eigenvalue weighted by molar-refractivity contribution is 0.630. The Morgan fingerprint density at radius 3 is 2.71 bits per heavy atom. The SMILES string of the molecule is Cc1cccc(N(C)C(=S)NC2CCCC2)c1. The first-order chi connectivity index (χ1) is 8.16. The molecule has 0 bridgehead atoms. The van der Waals surface area contributed by atoms with Crippen LogP contribution in [0.3, 0.4) is 0 Å². The van der Waals surface area contributed by atoms with Gasteiger partial charge >= 0.3 is 0 Å². The van der Waals surface area contributed by atoms with Crippen molar-refractivity contribution < 1.29 is 0 Å². The zero-order chi connectivity index (χ0) is 12.3. The molecule has 0 radical (unpaired) electrons. The molecule has 0 unspecified atom stereocenters. The molecule has 2 rings (SSSR count). The number of hydrogen-bond donors (Lipinski definition) is 1. The van der Waals surface area contributed by atoms with Gasteiger partial charge in [-0.2, -0.15) is 0 Å². The number of nitrogens with one attached hydrogen (secondary N) is 1. The maximum atomic E-state index is 5.45. The van der Waals surface area contributed by atoms with E-state index in [4.69, 9.17) is 12.2 Å². The predicted octanol–water partition coefficient (Wildman–Crippen LogP) is 3.25. The van der Waals surface area contributed by atoms with E-state index in [0.29, 0.717) is 6.04 Å². The van der Waals surface area contributed by atoms with Gasteiger partial charge in [0.2, 0.25) is 0 Å². The Morgan fingerprint density at radius 1 is 1.35 bits per heavy atom. The molecule has 0 heterocycles. The van der Waals surface area contributed by atoms with Gasteiger partial charge in [-0.1, -0.05) is 25.0 Å². The van der Waals surface area contributed by atoms with Gasteiger partial charge in [0.15, 0.2) is 5.11 Å². The van der Waals surface area contributed by atoms with E-state index in [1.54, 1.807) is 0 Å². The molecule has 0 amide bonds. The van der Waals surface area contributed by atoms with Crippen LogP contribution in [0.1, 0.15) is 31.2 Å². The van der Waals surface area contributed by atoms with Crippen molar-refractivity contribution in [3.63, 3.8) is 0 Å². The number of anilines is 1. The molecule has 0 atom stereocenters. The Balaban J connectivity index is 1.98. The highest BCUT2D eigenvalue weighted by atomic mass is 32.1. The van der Waals surface area contributed by atoms with Gasteiger partial charge in [0.05, 0.1) is 0 Å². The molecule has 1 saturated carbocycles. The third-order valence-electron chi connectivity index (χ3n) is 3.38. The van der Waals surface area contributed by atoms with E-state index in [1.165, 1.54) is 31.2 Å². The molecule has 2 nitrogen and oxygen atoms in total. The molecular weight excluding hydrogens is 228 g/mol. The molecule has 0 saturated heterocycles. The normalized spacial score (nSPS) is 15.9. The highest BCUT2D eigenvalue weighted by molar-refractivity contribution is 7.80. The van der Waals surface area contributed by atoms with Crippen LogP contribution < -0.4 is 10.2 Å². The van der Waals surface area contributed by atoms with Crippen molar-refractivity contribution in [2.75, 3.05) is 11.9 Å². The molecule has 0 aliphatic heterocycles. The van der Waals surface area contributed by atoms with Gasteiger partial charge in [0, 0.05) is 18.8 Å². The average molecular weight is 248 g/mol. The van der Waals surface area contributed by atoms with E-state index in [1.807, 2.05) is 7.05 Å². The fourth-order valence-electron chi connectivity index (χ4n) is 2.30. The zero-order valence-electron chi connectivity index (χ0n) is 10.6. The minimum atomic E-state index is 0.578. The van der Waals surface area contributed by atoms with Gasteiger partial charge in [-0.25, -0.2) is 0 Å². The van der Waals surface area contributed by atoms with Crippen LogP contribution in [0.2, 0.25) is 0 Å². The lowest BCUT2D eigenvalue weighted by Crippen LogP contribution is -2.41. The summed E-state index contributed by atoms with van der Waals surface area (Å²) in [5.74, 6) is 0. The number of aryl methyl sites for hydroxylation is 1. The molecule has 17 heavy (non-hydrogen) atoms. The van der Waals surface area contributed by atoms with Crippen molar-refractivity contribution in [2.45, 2.75) is 38.6 Å². The molecule has 1 fully saturated rings. The van der Waals surface area contributed by atoms with Crippen molar-refractivity contribution >= 4 is 23.0 Å². The fraction of sp³-hybridized carbons (Fsp3) is 0.500. The number of thiocarbonyl (C=S) groups is 1. The van der Waals surface area contributed by atoms with Crippen LogP contribution in [0.15, 0.2) is 24.3 Å². The number of nitrogens with zero attached hydrogens (tertiary/aromatic N) is 1. The second-order valence-corrected chi connectivity index (χ2v) is 5.22. The molecular formula is C14H20N2S. The first-order valence-electron chi connectivity index (χ1n) is 6.28. The summed E-state index contributed by atoms with van der Waals surface area (Å²) in [5.41, 5.74) is 2.42. The quantitative estimate of drug-likeness (QED) is 0.809. The van der Waals surface area contributed by atoms with Crippen LogP contribution in [-0.2, 0) is 0 Å². The Kier molecular flexibility index (Phi) is 4.00. The second-order valence-electron chi connectivity index (χ2n) is 4.83. The van der Waals surface area contributed by atoms with Gasteiger partial charge in [0.25, 0.3) is 0 Å². The Bertz CT molecular complexity index is 397. The van der Waals surface area contributed by atoms with Crippen molar-refractivity contribution in [1.82, 2.24) is 5.32 Å². The summed E-state index contributed by atoms with van der Waals surface area (Å²) >= 11 is 5.45. The Labute approximate surface area is 109 Å². The molecule has 1 aromatic carbocycles. The molecule has 1 aromatic rings. The van der Waals surface area contributed by atoms with Gasteiger partial charge in [-0.15, -0.1) is 0 Å². The minimum Gasteiger partial charge on any atom is -0.360 e. The van der Waals surface area contributed by atoms with Crippen molar-refractivity contribution in [3.8, 4) is 0 Å². The summed E-state index contributed by atoms with van der Waals surface area (Å²) in [5, 5.41) is 4.29. The highest BCUT2D eigenvalue weighted by Crippen LogP contribution is 2.19. The predicted molar refractivity (Wildman–Crippen MR) is 77.6 cm³/mol. The zero-order valence-corrected chi connectivity index (χ0v) is 11.4. The first-order valence-corrected chi connectivity index (χ1v) is 6.68. The first kappa shape index (κ1) is 12.4. The minimum absolute atomic E-state index is 0.578. The topological polar surface area (TPSA) is 15.3 Å². The monoisotopic (exact) mass is 248 g/mol. The van der Waals surface area contributed by atoms with Gasteiger partial charge in [-0.3, -0.25) is 0 Å². The molecule has 1 N–H and O–H groups in total. The number of benzene rings is 1. The third-order valence-corrected chi connectivity index (χ3v) is 3.77. The Hall–Kier alpha value is -1.09. The second kappa shape index (κ2) is 5.50. The van der Waals surface area contributed by atoms with Crippen molar-refractivity contribution in [2.24, 2.45) is 0 Å². The summed E-state index contributed by atoms with van der Waals surface area (Å²) in [6.45, 7) is 2.10. The number of hydrogen-bond acceptors (Lipinski definition) is 1. The van der Waals surface area contributed by atoms with E-state index < -0.39 is 0 Å². The van der Waals surface area contributed by atoms with Crippen LogP contribution in [0.5, 0.6) is 0 Å². The van der Waals surface area contributed by atoms with Crippen LogP contribution >= 0.6 is 12.2 Å². The van der Waals surface area contributed by atoms with Gasteiger partial charge in [0.1, 0.15) is 0 Å². The molecule has 1 aliphatic rings. The summed E-state index contributed by atoms with van der Waals surface area (Å²) in [7, 11) is 2.03. The van der Waals surface area contributed by atoms with Crippen molar-refractivity contribution in [3.05, 3.63) is 29.8 Å². The molecule has 0 aromatic heterocycles. The largest absolute Gasteiger partial charge is 0.360 e. The molecule has 92 valence electrons. The van der Waals surface area contributed by atoms with E-state index in [-0.39, 0.29) is 0 Å². The van der Waals surface area contributed by atoms with E-state index in [9.17, 15) is 0 Å². The van der Waals surface area contributed by atoms with Crippen molar-refractivity contribution in [1.29, 1.82) is 0 Å². The summed E-state index contributed by atoms with van der Waals surface area (Å²) in [4.78, 5) is 2.06. The molecule has 3 heteroatoms. The van der Waals surface area contributed by atoms with Crippen LogP contribution in [-0.4, -0.2) is 18.2 Å². The van der Waals surface area contributed by atoms with Gasteiger partial charge in [-0.05, 0) is 49.7 Å². The Morgan fingerprint density at radius 2 is 2.06 bits per heavy atom. The van der Waals surface area contributed by atoms with Gasteiger partial charge < -0.3 is 10.2 Å². The van der Waals surface area contributed by atoms with E-state index in [2.05, 4.69) is 41.4 Å². The lowest BCUT2D eigenvalue weighted by Gasteiger charge is -2.24. The average Bonchev–Trinajstić information content (AvgIpc) is 2.80. The van der Waals surface area contributed by atoms with E-state index in [0.717, 1.165) is 10.8 Å². The molecule has 0 spiro atoms. The maximum Gasteiger partial charge on any atom is 0.173 e. The summed E-state index contributed by atoms with van der Waals surface area (Å²) < 4.78 is 0. The summed E-state index contributed by atoms with van der Waals surface area (Å²) in [6.07, 6.45) is 5.16. The van der Waals surface area contributed by atoms with Crippen LogP contribution in [0.4, 0.5) is 5.69 Å².